The molecule has 0 aliphatic carbocycles. The summed E-state index contributed by atoms with van der Waals surface area (Å²) in [6, 6.07) is 11.8. The molecule has 1 unspecified atom stereocenters. The zero-order chi connectivity index (χ0) is 17.8. The summed E-state index contributed by atoms with van der Waals surface area (Å²) < 4.78 is 17.0. The monoisotopic (exact) mass is 405 g/mol. The highest BCUT2D eigenvalue weighted by atomic mass is 79.9. The van der Waals surface area contributed by atoms with Crippen molar-refractivity contribution in [3.63, 3.8) is 0 Å². The number of fused-ring (bicyclic) bond motifs is 1. The van der Waals surface area contributed by atoms with Gasteiger partial charge >= 0.3 is 5.97 Å². The molecule has 2 aromatic carbocycles. The predicted octanol–water partition coefficient (Wildman–Crippen LogP) is 3.40. The van der Waals surface area contributed by atoms with Crippen LogP contribution in [-0.2, 0) is 9.53 Å². The van der Waals surface area contributed by atoms with Crippen LogP contribution in [0.3, 0.4) is 0 Å². The van der Waals surface area contributed by atoms with E-state index in [1.807, 2.05) is 0 Å². The number of carbonyl (C=O) groups excluding carboxylic acids is 2. The predicted molar refractivity (Wildman–Crippen MR) is 95.1 cm³/mol. The molecular formula is C18H16BrNO5. The Morgan fingerprint density at radius 1 is 1.08 bits per heavy atom. The van der Waals surface area contributed by atoms with Crippen LogP contribution in [0.2, 0.25) is 0 Å². The van der Waals surface area contributed by atoms with Crippen molar-refractivity contribution in [2.24, 2.45) is 0 Å². The first-order valence-corrected chi connectivity index (χ1v) is 8.49. The number of benzene rings is 2. The number of hydrogen-bond donors (Lipinski definition) is 1. The van der Waals surface area contributed by atoms with Crippen molar-refractivity contribution in [1.82, 2.24) is 0 Å². The van der Waals surface area contributed by atoms with Gasteiger partial charge in [0.2, 0.25) is 0 Å². The number of hydrogen-bond acceptors (Lipinski definition) is 5. The van der Waals surface area contributed by atoms with Crippen LogP contribution in [0.5, 0.6) is 11.5 Å². The van der Waals surface area contributed by atoms with E-state index in [4.69, 9.17) is 14.2 Å². The molecule has 0 aromatic heterocycles. The van der Waals surface area contributed by atoms with Crippen LogP contribution in [0.15, 0.2) is 46.9 Å². The molecule has 0 bridgehead atoms. The summed E-state index contributed by atoms with van der Waals surface area (Å²) in [5.41, 5.74) is 0.919. The molecule has 1 aliphatic rings. The van der Waals surface area contributed by atoms with Crippen LogP contribution in [0.1, 0.15) is 17.3 Å². The van der Waals surface area contributed by atoms with Gasteiger partial charge < -0.3 is 19.5 Å². The summed E-state index contributed by atoms with van der Waals surface area (Å²) in [6.45, 7) is 2.48. The first kappa shape index (κ1) is 17.3. The first-order chi connectivity index (χ1) is 12.0. The smallest absolute Gasteiger partial charge is 0.338 e. The third kappa shape index (κ3) is 4.30. The van der Waals surface area contributed by atoms with E-state index in [1.165, 1.54) is 6.92 Å². The Hall–Kier alpha value is -2.54. The lowest BCUT2D eigenvalue weighted by Crippen LogP contribution is -2.30. The van der Waals surface area contributed by atoms with Crippen LogP contribution < -0.4 is 14.8 Å². The van der Waals surface area contributed by atoms with Gasteiger partial charge in [-0.05, 0) is 43.3 Å². The van der Waals surface area contributed by atoms with Crippen molar-refractivity contribution < 1.29 is 23.8 Å². The van der Waals surface area contributed by atoms with Crippen molar-refractivity contribution >= 4 is 33.5 Å². The number of anilines is 1. The number of ether oxygens (including phenoxy) is 3. The van der Waals surface area contributed by atoms with E-state index in [1.54, 1.807) is 42.5 Å². The van der Waals surface area contributed by atoms with Crippen LogP contribution >= 0.6 is 15.9 Å². The average molecular weight is 406 g/mol. The van der Waals surface area contributed by atoms with Crippen molar-refractivity contribution in [1.29, 1.82) is 0 Å². The second kappa shape index (κ2) is 7.57. The average Bonchev–Trinajstić information content (AvgIpc) is 2.62. The van der Waals surface area contributed by atoms with E-state index in [-0.39, 0.29) is 0 Å². The van der Waals surface area contributed by atoms with Crippen molar-refractivity contribution in [3.05, 3.63) is 52.5 Å². The van der Waals surface area contributed by atoms with Gasteiger partial charge in [-0.15, -0.1) is 0 Å². The summed E-state index contributed by atoms with van der Waals surface area (Å²) in [7, 11) is 0. The maximum absolute atomic E-state index is 12.2. The molecule has 1 aliphatic heterocycles. The molecule has 130 valence electrons. The molecule has 6 nitrogen and oxygen atoms in total. The van der Waals surface area contributed by atoms with Crippen LogP contribution in [0.25, 0.3) is 0 Å². The van der Waals surface area contributed by atoms with E-state index in [0.717, 1.165) is 4.47 Å². The van der Waals surface area contributed by atoms with E-state index in [0.29, 0.717) is 36.0 Å². The highest BCUT2D eigenvalue weighted by Gasteiger charge is 2.20. The van der Waals surface area contributed by atoms with Crippen molar-refractivity contribution in [3.8, 4) is 11.5 Å². The van der Waals surface area contributed by atoms with Gasteiger partial charge in [0.15, 0.2) is 17.6 Å². The lowest BCUT2D eigenvalue weighted by atomic mass is 10.2. The molecule has 3 rings (SSSR count). The zero-order valence-corrected chi connectivity index (χ0v) is 15.0. The van der Waals surface area contributed by atoms with Gasteiger partial charge in [0.05, 0.1) is 5.56 Å². The largest absolute Gasteiger partial charge is 0.486 e. The van der Waals surface area contributed by atoms with E-state index < -0.39 is 18.0 Å². The van der Waals surface area contributed by atoms with E-state index in [9.17, 15) is 9.59 Å². The number of halogens is 1. The quantitative estimate of drug-likeness (QED) is 0.788. The molecule has 0 spiro atoms. The fourth-order valence-electron chi connectivity index (χ4n) is 2.23. The Kier molecular flexibility index (Phi) is 5.23. The minimum absolute atomic E-state index is 0.377. The number of rotatable bonds is 4. The Morgan fingerprint density at radius 2 is 1.76 bits per heavy atom. The summed E-state index contributed by atoms with van der Waals surface area (Å²) in [5.74, 6) is 0.224. The topological polar surface area (TPSA) is 73.9 Å². The van der Waals surface area contributed by atoms with Gasteiger partial charge in [-0.3, -0.25) is 4.79 Å². The fraction of sp³-hybridized carbons (Fsp3) is 0.222. The van der Waals surface area contributed by atoms with Crippen LogP contribution in [0.4, 0.5) is 5.69 Å². The third-order valence-corrected chi connectivity index (χ3v) is 4.07. The van der Waals surface area contributed by atoms with Gasteiger partial charge in [0, 0.05) is 16.2 Å². The van der Waals surface area contributed by atoms with E-state index in [2.05, 4.69) is 21.2 Å². The Bertz CT molecular complexity index is 791. The maximum atomic E-state index is 12.2. The standard InChI is InChI=1S/C18H16BrNO5/c1-11(25-18(22)12-2-4-13(19)5-3-12)17(21)20-14-6-7-15-16(10-14)24-9-8-23-15/h2-7,10-11H,8-9H2,1H3,(H,20,21). The molecule has 0 fully saturated rings. The molecule has 0 saturated heterocycles. The van der Waals surface area contributed by atoms with Crippen LogP contribution in [0, 0.1) is 0 Å². The minimum Gasteiger partial charge on any atom is -0.486 e. The second-order valence-electron chi connectivity index (χ2n) is 5.40. The lowest BCUT2D eigenvalue weighted by Gasteiger charge is -2.19. The fourth-order valence-corrected chi connectivity index (χ4v) is 2.50. The van der Waals surface area contributed by atoms with Gasteiger partial charge in [-0.25, -0.2) is 4.79 Å². The molecule has 0 saturated carbocycles. The highest BCUT2D eigenvalue weighted by molar-refractivity contribution is 9.10. The molecule has 1 N–H and O–H groups in total. The Morgan fingerprint density at radius 3 is 2.48 bits per heavy atom. The molecule has 1 amide bonds. The molecular weight excluding hydrogens is 390 g/mol. The zero-order valence-electron chi connectivity index (χ0n) is 13.5. The van der Waals surface area contributed by atoms with Gasteiger partial charge in [0.1, 0.15) is 13.2 Å². The molecule has 7 heteroatoms. The highest BCUT2D eigenvalue weighted by Crippen LogP contribution is 2.32. The second-order valence-corrected chi connectivity index (χ2v) is 6.32. The molecule has 1 atom stereocenters. The summed E-state index contributed by atoms with van der Waals surface area (Å²) >= 11 is 3.30. The number of esters is 1. The number of nitrogens with one attached hydrogen (secondary N) is 1. The van der Waals surface area contributed by atoms with Gasteiger partial charge in [-0.1, -0.05) is 15.9 Å². The molecule has 1 heterocycles. The minimum atomic E-state index is -0.940. The van der Waals surface area contributed by atoms with Crippen molar-refractivity contribution in [2.45, 2.75) is 13.0 Å². The maximum Gasteiger partial charge on any atom is 0.338 e. The summed E-state index contributed by atoms with van der Waals surface area (Å²) in [5, 5.41) is 2.70. The third-order valence-electron chi connectivity index (χ3n) is 3.54. The Balaban J connectivity index is 1.60. The van der Waals surface area contributed by atoms with Crippen molar-refractivity contribution in [2.75, 3.05) is 18.5 Å². The molecule has 25 heavy (non-hydrogen) atoms. The molecule has 2 aromatic rings. The Labute approximate surface area is 153 Å². The lowest BCUT2D eigenvalue weighted by molar-refractivity contribution is -0.123. The number of amides is 1. The summed E-state index contributed by atoms with van der Waals surface area (Å²) in [4.78, 5) is 24.3. The van der Waals surface area contributed by atoms with Gasteiger partial charge in [-0.2, -0.15) is 0 Å². The normalized spacial score (nSPS) is 13.7. The SMILES string of the molecule is CC(OC(=O)c1ccc(Br)cc1)C(=O)Nc1ccc2c(c1)OCCO2. The molecule has 0 radical (unpaired) electrons. The number of carbonyl (C=O) groups is 2. The van der Waals surface area contributed by atoms with Gasteiger partial charge in [0.25, 0.3) is 5.91 Å². The van der Waals surface area contributed by atoms with E-state index >= 15 is 0 Å². The first-order valence-electron chi connectivity index (χ1n) is 7.70. The van der Waals surface area contributed by atoms with Crippen LogP contribution in [-0.4, -0.2) is 31.2 Å². The summed E-state index contributed by atoms with van der Waals surface area (Å²) in [6.07, 6.45) is -0.940.